The van der Waals surface area contributed by atoms with Crippen molar-refractivity contribution in [3.05, 3.63) is 107 Å². The second-order valence-corrected chi connectivity index (χ2v) is 9.00. The number of aldehydes is 1. The number of amidine groups is 1. The number of benzene rings is 3. The third kappa shape index (κ3) is 5.58. The minimum absolute atomic E-state index is 0.234. The van der Waals surface area contributed by atoms with E-state index >= 15 is 0 Å². The molecule has 35 heavy (non-hydrogen) atoms. The highest BCUT2D eigenvalue weighted by molar-refractivity contribution is 5.84. The Morgan fingerprint density at radius 3 is 2.43 bits per heavy atom. The van der Waals surface area contributed by atoms with E-state index in [1.165, 1.54) is 11.3 Å². The maximum absolute atomic E-state index is 12.4. The second-order valence-electron chi connectivity index (χ2n) is 9.00. The predicted molar refractivity (Wildman–Crippen MR) is 142 cm³/mol. The van der Waals surface area contributed by atoms with Gasteiger partial charge in [0.25, 0.3) is 0 Å². The molecule has 1 heterocycles. The third-order valence-electron chi connectivity index (χ3n) is 6.57. The van der Waals surface area contributed by atoms with Crippen molar-refractivity contribution in [3.63, 3.8) is 0 Å². The normalized spacial score (nSPS) is 16.1. The standard InChI is InChI=1S/C31H31N3O/c1-3-4-14-30-28(31(34-22(2)33-30)29(21-35)24-10-6-5-7-11-24)19-23-15-17-25(18-16-23)27-13-9-8-12-26(27)20-32/h5-13,15-18,21,29,31H,3-4,14,19H2,1-2H3,(H,33,34). The van der Waals surface area contributed by atoms with Crippen LogP contribution >= 0.6 is 0 Å². The van der Waals surface area contributed by atoms with Crippen molar-refractivity contribution in [2.45, 2.75) is 51.5 Å². The Labute approximate surface area is 208 Å². The van der Waals surface area contributed by atoms with E-state index in [2.05, 4.69) is 42.6 Å². The Morgan fingerprint density at radius 1 is 1.03 bits per heavy atom. The fourth-order valence-electron chi connectivity index (χ4n) is 4.75. The van der Waals surface area contributed by atoms with Crippen LogP contribution in [0.2, 0.25) is 0 Å². The lowest BCUT2D eigenvalue weighted by Crippen LogP contribution is -2.35. The molecule has 1 aliphatic rings. The lowest BCUT2D eigenvalue weighted by molar-refractivity contribution is -0.109. The molecule has 0 aliphatic carbocycles. The van der Waals surface area contributed by atoms with Crippen molar-refractivity contribution in [2.75, 3.05) is 0 Å². The summed E-state index contributed by atoms with van der Waals surface area (Å²) in [5, 5.41) is 13.0. The van der Waals surface area contributed by atoms with Gasteiger partial charge in [-0.25, -0.2) is 0 Å². The molecule has 4 nitrogen and oxygen atoms in total. The van der Waals surface area contributed by atoms with Gasteiger partial charge in [0.15, 0.2) is 0 Å². The summed E-state index contributed by atoms with van der Waals surface area (Å²) in [6.45, 7) is 4.17. The zero-order valence-corrected chi connectivity index (χ0v) is 20.4. The van der Waals surface area contributed by atoms with Gasteiger partial charge in [-0.05, 0) is 60.1 Å². The van der Waals surface area contributed by atoms with Crippen molar-refractivity contribution < 1.29 is 4.79 Å². The number of unbranched alkanes of at least 4 members (excludes halogenated alkanes) is 1. The van der Waals surface area contributed by atoms with Crippen LogP contribution in [0.1, 0.15) is 55.7 Å². The summed E-state index contributed by atoms with van der Waals surface area (Å²) in [6, 6.07) is 28.0. The fourth-order valence-corrected chi connectivity index (χ4v) is 4.75. The van der Waals surface area contributed by atoms with Gasteiger partial charge >= 0.3 is 0 Å². The first-order chi connectivity index (χ1) is 17.1. The molecule has 0 spiro atoms. The predicted octanol–water partition coefficient (Wildman–Crippen LogP) is 6.58. The third-order valence-corrected chi connectivity index (χ3v) is 6.57. The Kier molecular flexibility index (Phi) is 7.90. The summed E-state index contributed by atoms with van der Waals surface area (Å²) >= 11 is 0. The van der Waals surface area contributed by atoms with Gasteiger partial charge in [-0.1, -0.05) is 86.1 Å². The number of nitriles is 1. The summed E-state index contributed by atoms with van der Waals surface area (Å²) in [6.07, 6.45) is 4.87. The zero-order valence-electron chi connectivity index (χ0n) is 20.4. The van der Waals surface area contributed by atoms with Gasteiger partial charge in [0.2, 0.25) is 0 Å². The molecule has 4 heteroatoms. The van der Waals surface area contributed by atoms with Crippen molar-refractivity contribution in [1.29, 1.82) is 5.26 Å². The van der Waals surface area contributed by atoms with Crippen LogP contribution in [0.5, 0.6) is 0 Å². The maximum atomic E-state index is 12.4. The molecule has 0 saturated carbocycles. The van der Waals surface area contributed by atoms with Crippen LogP contribution in [-0.2, 0) is 11.2 Å². The molecule has 0 amide bonds. The quantitative estimate of drug-likeness (QED) is 0.366. The average molecular weight is 462 g/mol. The van der Waals surface area contributed by atoms with Crippen LogP contribution in [-0.4, -0.2) is 18.2 Å². The number of nitrogens with one attached hydrogen (secondary N) is 1. The van der Waals surface area contributed by atoms with Crippen LogP contribution in [0.25, 0.3) is 11.1 Å². The summed E-state index contributed by atoms with van der Waals surface area (Å²) in [5.41, 5.74) is 7.14. The van der Waals surface area contributed by atoms with Gasteiger partial charge in [-0.2, -0.15) is 5.26 Å². The molecule has 0 saturated heterocycles. The summed E-state index contributed by atoms with van der Waals surface area (Å²) < 4.78 is 0. The molecule has 3 aromatic rings. The molecular weight excluding hydrogens is 430 g/mol. The Balaban J connectivity index is 1.69. The summed E-state index contributed by atoms with van der Waals surface area (Å²) in [5.74, 6) is 0.526. The van der Waals surface area contributed by atoms with Gasteiger partial charge in [0, 0.05) is 5.70 Å². The first kappa shape index (κ1) is 24.2. The minimum Gasteiger partial charge on any atom is -0.348 e. The number of hydrogen-bond acceptors (Lipinski definition) is 4. The number of hydrogen-bond donors (Lipinski definition) is 1. The highest BCUT2D eigenvalue weighted by Crippen LogP contribution is 2.33. The Hall–Kier alpha value is -3.97. The van der Waals surface area contributed by atoms with Crippen LogP contribution in [0.4, 0.5) is 0 Å². The lowest BCUT2D eigenvalue weighted by Gasteiger charge is -2.31. The number of carbonyl (C=O) groups is 1. The number of aliphatic imine (C=N–C) groups is 1. The topological polar surface area (TPSA) is 65.2 Å². The molecule has 176 valence electrons. The van der Waals surface area contributed by atoms with Gasteiger partial charge in [-0.15, -0.1) is 0 Å². The Bertz CT molecular complexity index is 1270. The molecule has 4 rings (SSSR count). The molecule has 2 atom stereocenters. The average Bonchev–Trinajstić information content (AvgIpc) is 2.90. The largest absolute Gasteiger partial charge is 0.348 e. The van der Waals surface area contributed by atoms with Gasteiger partial charge in [0.1, 0.15) is 6.29 Å². The van der Waals surface area contributed by atoms with Crippen molar-refractivity contribution in [3.8, 4) is 17.2 Å². The molecule has 0 aromatic heterocycles. The SMILES string of the molecule is CCCCC1=C(Cc2ccc(-c3ccccc3C#N)cc2)C(C(C=O)c2ccccc2)N=C(C)N1. The minimum atomic E-state index is -0.332. The van der Waals surface area contributed by atoms with Crippen LogP contribution in [0.3, 0.4) is 0 Å². The van der Waals surface area contributed by atoms with E-state index in [9.17, 15) is 10.1 Å². The van der Waals surface area contributed by atoms with E-state index in [0.29, 0.717) is 12.0 Å². The molecular formula is C31H31N3O. The van der Waals surface area contributed by atoms with E-state index in [0.717, 1.165) is 53.6 Å². The maximum Gasteiger partial charge on any atom is 0.129 e. The van der Waals surface area contributed by atoms with Crippen LogP contribution < -0.4 is 5.32 Å². The monoisotopic (exact) mass is 461 g/mol. The van der Waals surface area contributed by atoms with E-state index in [1.54, 1.807) is 0 Å². The van der Waals surface area contributed by atoms with E-state index in [4.69, 9.17) is 4.99 Å². The summed E-state index contributed by atoms with van der Waals surface area (Å²) in [7, 11) is 0. The first-order valence-corrected chi connectivity index (χ1v) is 12.3. The molecule has 0 fully saturated rings. The lowest BCUT2D eigenvalue weighted by atomic mass is 9.83. The Morgan fingerprint density at radius 2 is 1.74 bits per heavy atom. The van der Waals surface area contributed by atoms with Gasteiger partial charge in [0.05, 0.1) is 29.4 Å². The van der Waals surface area contributed by atoms with E-state index in [1.807, 2.05) is 61.5 Å². The highest BCUT2D eigenvalue weighted by Gasteiger charge is 2.31. The number of nitrogens with zero attached hydrogens (tertiary/aromatic N) is 2. The van der Waals surface area contributed by atoms with Gasteiger partial charge < -0.3 is 10.1 Å². The molecule has 1 N–H and O–H groups in total. The van der Waals surface area contributed by atoms with Gasteiger partial charge in [-0.3, -0.25) is 4.99 Å². The first-order valence-electron chi connectivity index (χ1n) is 12.3. The van der Waals surface area contributed by atoms with Crippen molar-refractivity contribution in [1.82, 2.24) is 5.32 Å². The van der Waals surface area contributed by atoms with Crippen LogP contribution in [0, 0.1) is 11.3 Å². The number of rotatable bonds is 9. The molecule has 2 unspecified atom stereocenters. The highest BCUT2D eigenvalue weighted by atomic mass is 16.1. The molecule has 0 radical (unpaired) electrons. The molecule has 0 bridgehead atoms. The van der Waals surface area contributed by atoms with Crippen molar-refractivity contribution in [2.24, 2.45) is 4.99 Å². The number of carbonyl (C=O) groups excluding carboxylic acids is 1. The van der Waals surface area contributed by atoms with E-state index < -0.39 is 0 Å². The second kappa shape index (κ2) is 11.4. The van der Waals surface area contributed by atoms with Crippen molar-refractivity contribution >= 4 is 12.1 Å². The zero-order chi connectivity index (χ0) is 24.6. The summed E-state index contributed by atoms with van der Waals surface area (Å²) in [4.78, 5) is 17.3. The fraction of sp³-hybridized carbons (Fsp3) is 0.258. The van der Waals surface area contributed by atoms with Crippen LogP contribution in [0.15, 0.2) is 95.1 Å². The smallest absolute Gasteiger partial charge is 0.129 e. The molecule has 1 aliphatic heterocycles. The number of allylic oxidation sites excluding steroid dienone is 1. The molecule has 3 aromatic carbocycles. The van der Waals surface area contributed by atoms with E-state index in [-0.39, 0.29) is 12.0 Å².